The fraction of sp³-hybridized carbons (Fsp3) is 0. The minimum Gasteiger partial charge on any atom is -0.504 e. The maximum atomic E-state index is 9.57. The third-order valence-corrected chi connectivity index (χ3v) is 4.24. The fourth-order valence-electron chi connectivity index (χ4n) is 2.14. The van der Waals surface area contributed by atoms with Crippen molar-refractivity contribution in [2.45, 2.75) is 0 Å². The van der Waals surface area contributed by atoms with Gasteiger partial charge in [0.2, 0.25) is 0 Å². The monoisotopic (exact) mass is 283 g/mol. The van der Waals surface area contributed by atoms with Crippen LogP contribution in [0.15, 0.2) is 36.5 Å². The number of nitrogens with one attached hydrogen (secondary N) is 1. The molecule has 0 amide bonds. The Morgan fingerprint density at radius 3 is 2.80 bits per heavy atom. The number of aromatic nitrogens is 3. The van der Waals surface area contributed by atoms with E-state index in [1.165, 1.54) is 23.5 Å². The van der Waals surface area contributed by atoms with E-state index in [2.05, 4.69) is 15.2 Å². The predicted molar refractivity (Wildman–Crippen MR) is 78.0 cm³/mol. The first-order chi connectivity index (χ1) is 9.70. The highest BCUT2D eigenvalue weighted by molar-refractivity contribution is 7.21. The molecule has 0 radical (unpaired) electrons. The first-order valence-corrected chi connectivity index (χ1v) is 6.78. The normalized spacial score (nSPS) is 11.4. The maximum Gasteiger partial charge on any atom is 0.158 e. The van der Waals surface area contributed by atoms with Crippen LogP contribution in [0.2, 0.25) is 0 Å². The molecule has 6 heteroatoms. The zero-order valence-electron chi connectivity index (χ0n) is 10.2. The quantitative estimate of drug-likeness (QED) is 0.468. The van der Waals surface area contributed by atoms with Crippen molar-refractivity contribution in [3.63, 3.8) is 0 Å². The Morgan fingerprint density at radius 2 is 1.95 bits per heavy atom. The van der Waals surface area contributed by atoms with Gasteiger partial charge in [0.15, 0.2) is 11.5 Å². The highest BCUT2D eigenvalue weighted by Gasteiger charge is 2.10. The van der Waals surface area contributed by atoms with Gasteiger partial charge < -0.3 is 10.2 Å². The molecule has 4 aromatic rings. The van der Waals surface area contributed by atoms with Gasteiger partial charge in [-0.3, -0.25) is 5.10 Å². The molecule has 0 aliphatic carbocycles. The minimum absolute atomic E-state index is 0.130. The summed E-state index contributed by atoms with van der Waals surface area (Å²) in [6.45, 7) is 0. The average molecular weight is 283 g/mol. The van der Waals surface area contributed by atoms with Crippen molar-refractivity contribution in [2.75, 3.05) is 0 Å². The average Bonchev–Trinajstić information content (AvgIpc) is 3.04. The number of benzene rings is 2. The number of phenols is 2. The molecule has 2 aromatic carbocycles. The van der Waals surface area contributed by atoms with Crippen molar-refractivity contribution in [1.29, 1.82) is 0 Å². The number of aromatic amines is 1. The van der Waals surface area contributed by atoms with E-state index in [1.54, 1.807) is 12.3 Å². The van der Waals surface area contributed by atoms with Crippen LogP contribution in [0.3, 0.4) is 0 Å². The van der Waals surface area contributed by atoms with Crippen LogP contribution in [0.4, 0.5) is 0 Å². The molecular weight excluding hydrogens is 274 g/mol. The number of H-pyrrole nitrogens is 1. The van der Waals surface area contributed by atoms with E-state index in [0.29, 0.717) is 0 Å². The van der Waals surface area contributed by atoms with E-state index in [0.717, 1.165) is 31.7 Å². The topological polar surface area (TPSA) is 82.0 Å². The van der Waals surface area contributed by atoms with Crippen molar-refractivity contribution < 1.29 is 10.2 Å². The lowest BCUT2D eigenvalue weighted by Gasteiger charge is -1.99. The van der Waals surface area contributed by atoms with E-state index in [-0.39, 0.29) is 11.5 Å². The largest absolute Gasteiger partial charge is 0.504 e. The lowest BCUT2D eigenvalue weighted by atomic mass is 10.2. The van der Waals surface area contributed by atoms with Gasteiger partial charge in [0.25, 0.3) is 0 Å². The lowest BCUT2D eigenvalue weighted by Crippen LogP contribution is -1.76. The number of fused-ring (bicyclic) bond motifs is 2. The number of phenolic OH excluding ortho intramolecular Hbond substituents is 2. The summed E-state index contributed by atoms with van der Waals surface area (Å²) >= 11 is 1.53. The van der Waals surface area contributed by atoms with Crippen LogP contribution < -0.4 is 0 Å². The molecule has 4 rings (SSSR count). The van der Waals surface area contributed by atoms with Gasteiger partial charge in [0, 0.05) is 10.9 Å². The van der Waals surface area contributed by atoms with Gasteiger partial charge in [-0.15, -0.1) is 11.3 Å². The molecule has 98 valence electrons. The minimum atomic E-state index is -0.141. The Balaban J connectivity index is 1.93. The SMILES string of the molecule is Oc1ccc(-c2nc3cc4cn[nH]c4cc3s2)cc1O. The Morgan fingerprint density at radius 1 is 1.05 bits per heavy atom. The first-order valence-electron chi connectivity index (χ1n) is 5.97. The Labute approximate surface area is 117 Å². The molecule has 3 N–H and O–H groups in total. The van der Waals surface area contributed by atoms with E-state index >= 15 is 0 Å². The molecule has 0 unspecified atom stereocenters. The lowest BCUT2D eigenvalue weighted by molar-refractivity contribution is 0.404. The van der Waals surface area contributed by atoms with Gasteiger partial charge in [-0.2, -0.15) is 5.10 Å². The van der Waals surface area contributed by atoms with Gasteiger partial charge in [-0.1, -0.05) is 0 Å². The number of thiazole rings is 1. The second kappa shape index (κ2) is 3.94. The third kappa shape index (κ3) is 1.62. The van der Waals surface area contributed by atoms with E-state index in [4.69, 9.17) is 0 Å². The van der Waals surface area contributed by atoms with Crippen LogP contribution in [-0.2, 0) is 0 Å². The zero-order valence-corrected chi connectivity index (χ0v) is 11.0. The van der Waals surface area contributed by atoms with Crippen LogP contribution in [0, 0.1) is 0 Å². The van der Waals surface area contributed by atoms with Gasteiger partial charge in [-0.25, -0.2) is 4.98 Å². The van der Waals surface area contributed by atoms with Crippen molar-refractivity contribution in [1.82, 2.24) is 15.2 Å². The zero-order chi connectivity index (χ0) is 13.7. The molecule has 0 aliphatic heterocycles. The molecule has 2 heterocycles. The van der Waals surface area contributed by atoms with Gasteiger partial charge in [0.1, 0.15) is 5.01 Å². The molecule has 0 saturated carbocycles. The summed E-state index contributed by atoms with van der Waals surface area (Å²) in [6.07, 6.45) is 1.76. The summed E-state index contributed by atoms with van der Waals surface area (Å²) in [5.74, 6) is -0.271. The Hall–Kier alpha value is -2.60. The molecule has 5 nitrogen and oxygen atoms in total. The van der Waals surface area contributed by atoms with Crippen molar-refractivity contribution in [3.05, 3.63) is 36.5 Å². The highest BCUT2D eigenvalue weighted by Crippen LogP contribution is 2.35. The third-order valence-electron chi connectivity index (χ3n) is 3.17. The Bertz CT molecular complexity index is 894. The summed E-state index contributed by atoms with van der Waals surface area (Å²) in [7, 11) is 0. The second-order valence-corrected chi connectivity index (χ2v) is 5.53. The summed E-state index contributed by atoms with van der Waals surface area (Å²) < 4.78 is 1.05. The van der Waals surface area contributed by atoms with Crippen molar-refractivity contribution in [3.8, 4) is 22.1 Å². The fourth-order valence-corrected chi connectivity index (χ4v) is 3.13. The molecular formula is C14H9N3O2S. The second-order valence-electron chi connectivity index (χ2n) is 4.50. The molecule has 2 aromatic heterocycles. The van der Waals surface area contributed by atoms with Gasteiger partial charge in [-0.05, 0) is 30.3 Å². The number of hydrogen-bond donors (Lipinski definition) is 3. The molecule has 0 aliphatic rings. The molecule has 0 fully saturated rings. The van der Waals surface area contributed by atoms with E-state index in [9.17, 15) is 10.2 Å². The molecule has 20 heavy (non-hydrogen) atoms. The summed E-state index contributed by atoms with van der Waals surface area (Å²) in [5, 5.41) is 27.7. The van der Waals surface area contributed by atoms with Gasteiger partial charge in [0.05, 0.1) is 21.9 Å². The van der Waals surface area contributed by atoms with Gasteiger partial charge >= 0.3 is 0 Å². The van der Waals surface area contributed by atoms with Crippen molar-refractivity contribution >= 4 is 32.5 Å². The van der Waals surface area contributed by atoms with E-state index < -0.39 is 0 Å². The summed E-state index contributed by atoms with van der Waals surface area (Å²) in [4.78, 5) is 4.57. The van der Waals surface area contributed by atoms with Crippen molar-refractivity contribution in [2.24, 2.45) is 0 Å². The molecule has 0 saturated heterocycles. The molecule has 0 spiro atoms. The van der Waals surface area contributed by atoms with Crippen LogP contribution in [0.1, 0.15) is 0 Å². The highest BCUT2D eigenvalue weighted by atomic mass is 32.1. The number of aromatic hydroxyl groups is 2. The number of nitrogens with zero attached hydrogens (tertiary/aromatic N) is 2. The summed E-state index contributed by atoms with van der Waals surface area (Å²) in [5.41, 5.74) is 2.65. The van der Waals surface area contributed by atoms with Crippen LogP contribution in [0.25, 0.3) is 31.7 Å². The molecule has 0 bridgehead atoms. The first kappa shape index (κ1) is 11.2. The smallest absolute Gasteiger partial charge is 0.158 e. The van der Waals surface area contributed by atoms with Crippen LogP contribution >= 0.6 is 11.3 Å². The van der Waals surface area contributed by atoms with E-state index in [1.807, 2.05) is 12.1 Å². The standard InChI is InChI=1S/C14H9N3O2S/c18-11-2-1-7(4-12(11)19)14-16-10-3-8-6-15-17-9(8)5-13(10)20-14/h1-6,18-19H,(H,15,17). The number of rotatable bonds is 1. The Kier molecular flexibility index (Phi) is 2.22. The van der Waals surface area contributed by atoms with Crippen LogP contribution in [-0.4, -0.2) is 25.4 Å². The predicted octanol–water partition coefficient (Wildman–Crippen LogP) is 3.25. The maximum absolute atomic E-state index is 9.57. The van der Waals surface area contributed by atoms with Crippen LogP contribution in [0.5, 0.6) is 11.5 Å². The number of hydrogen-bond acceptors (Lipinski definition) is 5. The summed E-state index contributed by atoms with van der Waals surface area (Å²) in [6, 6.07) is 8.71. The molecule has 0 atom stereocenters.